The molecule has 7 heteroatoms. The molecule has 1 fully saturated rings. The zero-order valence-corrected chi connectivity index (χ0v) is 12.2. The van der Waals surface area contributed by atoms with Gasteiger partial charge in [-0.15, -0.1) is 5.10 Å². The fraction of sp³-hybridized carbons (Fsp3) is 0.500. The van der Waals surface area contributed by atoms with Crippen LogP contribution >= 0.6 is 0 Å². The van der Waals surface area contributed by atoms with E-state index in [9.17, 15) is 0 Å². The van der Waals surface area contributed by atoms with Crippen molar-refractivity contribution in [3.8, 4) is 11.4 Å². The first-order chi connectivity index (χ1) is 10.3. The fourth-order valence-corrected chi connectivity index (χ4v) is 2.46. The third-order valence-corrected chi connectivity index (χ3v) is 3.59. The van der Waals surface area contributed by atoms with Gasteiger partial charge in [-0.25, -0.2) is 0 Å². The highest BCUT2D eigenvalue weighted by atomic mass is 16.5. The molecule has 1 N–H and O–H groups in total. The summed E-state index contributed by atoms with van der Waals surface area (Å²) in [5.74, 6) is 1.44. The monoisotopic (exact) mass is 289 g/mol. The predicted octanol–water partition coefficient (Wildman–Crippen LogP) is 1.57. The minimum atomic E-state index is 0.297. The Kier molecular flexibility index (Phi) is 4.01. The van der Waals surface area contributed by atoms with Crippen molar-refractivity contribution in [1.82, 2.24) is 20.2 Å². The van der Waals surface area contributed by atoms with E-state index in [0.717, 1.165) is 43.1 Å². The van der Waals surface area contributed by atoms with Crippen LogP contribution in [0.5, 0.6) is 5.75 Å². The second kappa shape index (κ2) is 6.09. The van der Waals surface area contributed by atoms with Gasteiger partial charge in [-0.3, -0.25) is 0 Å². The maximum atomic E-state index is 5.62. The van der Waals surface area contributed by atoms with Crippen LogP contribution in [0.3, 0.4) is 0 Å². The second-order valence-electron chi connectivity index (χ2n) is 5.04. The van der Waals surface area contributed by atoms with E-state index in [1.54, 1.807) is 11.8 Å². The Morgan fingerprint density at radius 3 is 3.05 bits per heavy atom. The Bertz CT molecular complexity index is 607. The highest BCUT2D eigenvalue weighted by molar-refractivity contribution is 5.58. The molecule has 0 spiro atoms. The van der Waals surface area contributed by atoms with Gasteiger partial charge in [-0.2, -0.15) is 4.68 Å². The number of tetrazole rings is 1. The molecule has 112 valence electrons. The van der Waals surface area contributed by atoms with Crippen LogP contribution in [0.25, 0.3) is 5.69 Å². The van der Waals surface area contributed by atoms with Gasteiger partial charge in [-0.05, 0) is 48.4 Å². The minimum Gasteiger partial charge on any atom is -0.494 e. The Hall–Kier alpha value is -2.15. The van der Waals surface area contributed by atoms with Crippen LogP contribution in [0.15, 0.2) is 18.2 Å². The minimum absolute atomic E-state index is 0.297. The number of benzene rings is 1. The molecule has 1 aliphatic rings. The van der Waals surface area contributed by atoms with Gasteiger partial charge in [0.15, 0.2) is 5.82 Å². The SMILES string of the molecule is COc1ccc(NCC2CCCO2)cc1-n1nnnc1C. The van der Waals surface area contributed by atoms with Crippen LogP contribution in [0, 0.1) is 6.92 Å². The van der Waals surface area contributed by atoms with E-state index < -0.39 is 0 Å². The van der Waals surface area contributed by atoms with Crippen molar-refractivity contribution in [3.05, 3.63) is 24.0 Å². The van der Waals surface area contributed by atoms with E-state index in [0.29, 0.717) is 11.9 Å². The highest BCUT2D eigenvalue weighted by Crippen LogP contribution is 2.26. The van der Waals surface area contributed by atoms with Gasteiger partial charge in [0, 0.05) is 18.8 Å². The molecule has 3 rings (SSSR count). The Morgan fingerprint density at radius 1 is 1.48 bits per heavy atom. The van der Waals surface area contributed by atoms with E-state index >= 15 is 0 Å². The largest absolute Gasteiger partial charge is 0.494 e. The lowest BCUT2D eigenvalue weighted by Crippen LogP contribution is -2.18. The number of hydrogen-bond donors (Lipinski definition) is 1. The summed E-state index contributed by atoms with van der Waals surface area (Å²) < 4.78 is 12.7. The third kappa shape index (κ3) is 2.97. The average molecular weight is 289 g/mol. The molecule has 1 aromatic carbocycles. The Morgan fingerprint density at radius 2 is 2.38 bits per heavy atom. The average Bonchev–Trinajstić information content (AvgIpc) is 3.16. The van der Waals surface area contributed by atoms with Crippen molar-refractivity contribution in [2.24, 2.45) is 0 Å². The quantitative estimate of drug-likeness (QED) is 0.900. The summed E-state index contributed by atoms with van der Waals surface area (Å²) in [6, 6.07) is 5.88. The standard InChI is InChI=1S/C14H19N5O2/c1-10-16-17-18-19(10)13-8-11(5-6-14(13)20-2)15-9-12-4-3-7-21-12/h5-6,8,12,15H,3-4,7,9H2,1-2H3. The van der Waals surface area contributed by atoms with Gasteiger partial charge < -0.3 is 14.8 Å². The first-order valence-electron chi connectivity index (χ1n) is 7.07. The molecule has 0 amide bonds. The molecule has 1 aromatic heterocycles. The van der Waals surface area contributed by atoms with Crippen LogP contribution in [-0.4, -0.2) is 46.6 Å². The number of anilines is 1. The zero-order valence-electron chi connectivity index (χ0n) is 12.2. The number of aromatic nitrogens is 4. The molecule has 0 bridgehead atoms. The second-order valence-corrected chi connectivity index (χ2v) is 5.04. The summed E-state index contributed by atoms with van der Waals surface area (Å²) in [5, 5.41) is 15.0. The first-order valence-corrected chi connectivity index (χ1v) is 7.07. The van der Waals surface area contributed by atoms with Crippen LogP contribution in [-0.2, 0) is 4.74 Å². The molecule has 0 saturated carbocycles. The topological polar surface area (TPSA) is 74.1 Å². The summed E-state index contributed by atoms with van der Waals surface area (Å²) in [7, 11) is 1.64. The van der Waals surface area contributed by atoms with Gasteiger partial charge in [0.25, 0.3) is 0 Å². The van der Waals surface area contributed by atoms with Crippen LogP contribution in [0.2, 0.25) is 0 Å². The van der Waals surface area contributed by atoms with E-state index in [1.165, 1.54) is 0 Å². The van der Waals surface area contributed by atoms with Crippen LogP contribution < -0.4 is 10.1 Å². The highest BCUT2D eigenvalue weighted by Gasteiger charge is 2.16. The molecule has 1 saturated heterocycles. The summed E-state index contributed by atoms with van der Waals surface area (Å²) in [6.07, 6.45) is 2.55. The molecule has 0 aliphatic carbocycles. The number of ether oxygens (including phenoxy) is 2. The maximum Gasteiger partial charge on any atom is 0.153 e. The predicted molar refractivity (Wildman–Crippen MR) is 77.9 cm³/mol. The third-order valence-electron chi connectivity index (χ3n) is 3.59. The van der Waals surface area contributed by atoms with Crippen molar-refractivity contribution < 1.29 is 9.47 Å². The molecule has 1 aliphatic heterocycles. The number of nitrogens with zero attached hydrogens (tertiary/aromatic N) is 4. The van der Waals surface area contributed by atoms with Crippen LogP contribution in [0.4, 0.5) is 5.69 Å². The molecule has 21 heavy (non-hydrogen) atoms. The first kappa shape index (κ1) is 13.8. The van der Waals surface area contributed by atoms with Crippen LogP contribution in [0.1, 0.15) is 18.7 Å². The summed E-state index contributed by atoms with van der Waals surface area (Å²) in [4.78, 5) is 0. The fourth-order valence-electron chi connectivity index (χ4n) is 2.46. The Balaban J connectivity index is 1.81. The maximum absolute atomic E-state index is 5.62. The lowest BCUT2D eigenvalue weighted by Gasteiger charge is -2.14. The van der Waals surface area contributed by atoms with E-state index in [4.69, 9.17) is 9.47 Å². The Labute approximate surface area is 123 Å². The zero-order chi connectivity index (χ0) is 14.7. The van der Waals surface area contributed by atoms with Crippen molar-refractivity contribution in [2.75, 3.05) is 25.6 Å². The molecular weight excluding hydrogens is 270 g/mol. The molecule has 1 unspecified atom stereocenters. The number of aryl methyl sites for hydroxylation is 1. The summed E-state index contributed by atoms with van der Waals surface area (Å²) in [5.41, 5.74) is 1.81. The molecule has 2 aromatic rings. The van der Waals surface area contributed by atoms with E-state index in [2.05, 4.69) is 20.8 Å². The molecule has 0 radical (unpaired) electrons. The number of nitrogens with one attached hydrogen (secondary N) is 1. The molecule has 7 nitrogen and oxygen atoms in total. The van der Waals surface area contributed by atoms with Gasteiger partial charge in [-0.1, -0.05) is 0 Å². The van der Waals surface area contributed by atoms with Crippen molar-refractivity contribution in [2.45, 2.75) is 25.9 Å². The summed E-state index contributed by atoms with van der Waals surface area (Å²) >= 11 is 0. The van der Waals surface area contributed by atoms with E-state index in [-0.39, 0.29) is 0 Å². The van der Waals surface area contributed by atoms with Crippen molar-refractivity contribution in [1.29, 1.82) is 0 Å². The van der Waals surface area contributed by atoms with Gasteiger partial charge in [0.05, 0.1) is 13.2 Å². The number of rotatable bonds is 5. The number of hydrogen-bond acceptors (Lipinski definition) is 6. The van der Waals surface area contributed by atoms with Gasteiger partial charge >= 0.3 is 0 Å². The van der Waals surface area contributed by atoms with Gasteiger partial charge in [0.2, 0.25) is 0 Å². The summed E-state index contributed by atoms with van der Waals surface area (Å²) in [6.45, 7) is 3.52. The molecule has 1 atom stereocenters. The molecule has 2 heterocycles. The smallest absolute Gasteiger partial charge is 0.153 e. The number of methoxy groups -OCH3 is 1. The lowest BCUT2D eigenvalue weighted by atomic mass is 10.2. The van der Waals surface area contributed by atoms with Crippen molar-refractivity contribution >= 4 is 5.69 Å². The van der Waals surface area contributed by atoms with Crippen molar-refractivity contribution in [3.63, 3.8) is 0 Å². The molecular formula is C14H19N5O2. The van der Waals surface area contributed by atoms with E-state index in [1.807, 2.05) is 25.1 Å². The van der Waals surface area contributed by atoms with Gasteiger partial charge in [0.1, 0.15) is 11.4 Å². The normalized spacial score (nSPS) is 17.9. The lowest BCUT2D eigenvalue weighted by molar-refractivity contribution is 0.120.